The molecule has 1 rings (SSSR count). The number of hydrogen-bond donors (Lipinski definition) is 0. The van der Waals surface area contributed by atoms with Crippen molar-refractivity contribution in [2.45, 2.75) is 57.8 Å². The lowest BCUT2D eigenvalue weighted by atomic mass is 10.2. The van der Waals surface area contributed by atoms with Gasteiger partial charge >= 0.3 is 0 Å². The van der Waals surface area contributed by atoms with Crippen molar-refractivity contribution in [1.29, 1.82) is 0 Å². The van der Waals surface area contributed by atoms with E-state index in [2.05, 4.69) is 20.8 Å². The quantitative estimate of drug-likeness (QED) is 0.657. The zero-order valence-corrected chi connectivity index (χ0v) is 10.8. The van der Waals surface area contributed by atoms with E-state index in [1.54, 1.807) is 0 Å². The maximum Gasteiger partial charge on any atom is 0.192 e. The number of hydrogen-bond acceptors (Lipinski definition) is 2. The van der Waals surface area contributed by atoms with Crippen LogP contribution in [0.4, 0.5) is 0 Å². The van der Waals surface area contributed by atoms with Crippen LogP contribution >= 0.6 is 0 Å². The molecule has 14 heavy (non-hydrogen) atoms. The lowest BCUT2D eigenvalue weighted by Gasteiger charge is -2.34. The van der Waals surface area contributed by atoms with Gasteiger partial charge in [-0.25, -0.2) is 0 Å². The molecule has 0 N–H and O–H groups in total. The van der Waals surface area contributed by atoms with Gasteiger partial charge in [0.15, 0.2) is 8.32 Å². The van der Waals surface area contributed by atoms with Crippen LogP contribution in [0, 0.1) is 0 Å². The summed E-state index contributed by atoms with van der Waals surface area (Å²) in [5, 5.41) is 0. The number of rotatable bonds is 5. The first-order valence-electron chi connectivity index (χ1n) is 6.02. The van der Waals surface area contributed by atoms with Gasteiger partial charge in [-0.3, -0.25) is 0 Å². The Kier molecular flexibility index (Phi) is 5.13. The molecule has 0 aromatic rings. The predicted octanol–water partition coefficient (Wildman–Crippen LogP) is 3.19. The summed E-state index contributed by atoms with van der Waals surface area (Å²) in [6, 6.07) is 3.78. The van der Waals surface area contributed by atoms with Gasteiger partial charge in [-0.2, -0.15) is 0 Å². The molecule has 0 aliphatic carbocycles. The molecule has 0 spiro atoms. The minimum atomic E-state index is -1.36. The summed E-state index contributed by atoms with van der Waals surface area (Å²) in [5.41, 5.74) is 0. The summed E-state index contributed by atoms with van der Waals surface area (Å²) >= 11 is 0. The van der Waals surface area contributed by atoms with Crippen LogP contribution < -0.4 is 0 Å². The molecule has 84 valence electrons. The first-order valence-corrected chi connectivity index (χ1v) is 8.55. The third kappa shape index (κ3) is 3.07. The second kappa shape index (κ2) is 5.88. The highest BCUT2D eigenvalue weighted by Crippen LogP contribution is 2.26. The zero-order chi connectivity index (χ0) is 10.4. The molecule has 0 radical (unpaired) electrons. The summed E-state index contributed by atoms with van der Waals surface area (Å²) in [6.45, 7) is 8.66. The monoisotopic (exact) mass is 216 g/mol. The average molecular weight is 216 g/mol. The Labute approximate surface area is 89.1 Å². The highest BCUT2D eigenvalue weighted by molar-refractivity contribution is 6.73. The SMILES string of the molecule is CC[Si](CC)(CC)OC1CCOCC1. The third-order valence-corrected chi connectivity index (χ3v) is 8.22. The van der Waals surface area contributed by atoms with E-state index < -0.39 is 8.32 Å². The molecule has 0 saturated carbocycles. The molecule has 0 atom stereocenters. The molecule has 1 heterocycles. The molecule has 0 amide bonds. The molecule has 0 bridgehead atoms. The fraction of sp³-hybridized carbons (Fsp3) is 1.00. The standard InChI is InChI=1S/C11H24O2Si/c1-4-14(5-2,6-3)13-11-7-9-12-10-8-11/h11H,4-10H2,1-3H3. The van der Waals surface area contributed by atoms with Crippen LogP contribution in [0.25, 0.3) is 0 Å². The van der Waals surface area contributed by atoms with Gasteiger partial charge in [0.25, 0.3) is 0 Å². The Hall–Kier alpha value is 0.137. The van der Waals surface area contributed by atoms with Gasteiger partial charge in [-0.05, 0) is 31.0 Å². The first-order chi connectivity index (χ1) is 6.76. The van der Waals surface area contributed by atoms with Gasteiger partial charge in [0.1, 0.15) is 0 Å². The first kappa shape index (κ1) is 12.2. The van der Waals surface area contributed by atoms with Gasteiger partial charge in [0, 0.05) is 19.3 Å². The summed E-state index contributed by atoms with van der Waals surface area (Å²) in [7, 11) is -1.36. The van der Waals surface area contributed by atoms with E-state index in [0.717, 1.165) is 26.1 Å². The second-order valence-corrected chi connectivity index (χ2v) is 8.90. The molecule has 1 aliphatic rings. The van der Waals surface area contributed by atoms with E-state index >= 15 is 0 Å². The Morgan fingerprint density at radius 1 is 1.07 bits per heavy atom. The van der Waals surface area contributed by atoms with Crippen molar-refractivity contribution in [1.82, 2.24) is 0 Å². The maximum absolute atomic E-state index is 6.39. The van der Waals surface area contributed by atoms with Gasteiger partial charge in [0.05, 0.1) is 0 Å². The molecule has 0 aromatic carbocycles. The van der Waals surface area contributed by atoms with Crippen molar-refractivity contribution < 1.29 is 9.16 Å². The molecular formula is C11H24O2Si. The Morgan fingerprint density at radius 2 is 1.57 bits per heavy atom. The lowest BCUT2D eigenvalue weighted by Crippen LogP contribution is -2.41. The van der Waals surface area contributed by atoms with Crippen LogP contribution in [0.5, 0.6) is 0 Å². The van der Waals surface area contributed by atoms with Crippen molar-refractivity contribution in [2.24, 2.45) is 0 Å². The van der Waals surface area contributed by atoms with E-state index in [1.807, 2.05) is 0 Å². The maximum atomic E-state index is 6.39. The van der Waals surface area contributed by atoms with E-state index in [4.69, 9.17) is 9.16 Å². The molecule has 1 aliphatic heterocycles. The van der Waals surface area contributed by atoms with Crippen LogP contribution in [0.15, 0.2) is 0 Å². The second-order valence-electron chi connectivity index (χ2n) is 4.17. The minimum absolute atomic E-state index is 0.496. The fourth-order valence-electron chi connectivity index (χ4n) is 2.15. The van der Waals surface area contributed by atoms with Crippen molar-refractivity contribution in [3.8, 4) is 0 Å². The average Bonchev–Trinajstić information content (AvgIpc) is 2.28. The van der Waals surface area contributed by atoms with Gasteiger partial charge in [0.2, 0.25) is 0 Å². The van der Waals surface area contributed by atoms with Crippen molar-refractivity contribution in [3.05, 3.63) is 0 Å². The summed E-state index contributed by atoms with van der Waals surface area (Å²) in [6.07, 6.45) is 2.71. The smallest absolute Gasteiger partial charge is 0.192 e. The van der Waals surface area contributed by atoms with E-state index in [1.165, 1.54) is 18.1 Å². The lowest BCUT2D eigenvalue weighted by molar-refractivity contribution is 0.0206. The van der Waals surface area contributed by atoms with Crippen LogP contribution in [0.3, 0.4) is 0 Å². The molecule has 1 fully saturated rings. The van der Waals surface area contributed by atoms with Crippen LogP contribution in [-0.2, 0) is 9.16 Å². The van der Waals surface area contributed by atoms with E-state index in [-0.39, 0.29) is 0 Å². The number of ether oxygens (including phenoxy) is 1. The topological polar surface area (TPSA) is 18.5 Å². The van der Waals surface area contributed by atoms with Crippen LogP contribution in [0.1, 0.15) is 33.6 Å². The summed E-state index contributed by atoms with van der Waals surface area (Å²) in [4.78, 5) is 0. The van der Waals surface area contributed by atoms with E-state index in [9.17, 15) is 0 Å². The minimum Gasteiger partial charge on any atom is -0.414 e. The van der Waals surface area contributed by atoms with E-state index in [0.29, 0.717) is 6.10 Å². The Morgan fingerprint density at radius 3 is 2.00 bits per heavy atom. The van der Waals surface area contributed by atoms with Gasteiger partial charge in [-0.1, -0.05) is 20.8 Å². The van der Waals surface area contributed by atoms with Crippen LogP contribution in [-0.4, -0.2) is 27.6 Å². The molecule has 0 aromatic heterocycles. The van der Waals surface area contributed by atoms with Gasteiger partial charge in [-0.15, -0.1) is 0 Å². The molecular weight excluding hydrogens is 192 g/mol. The fourth-order valence-corrected chi connectivity index (χ4v) is 5.09. The van der Waals surface area contributed by atoms with Crippen LogP contribution in [0.2, 0.25) is 18.1 Å². The molecule has 0 unspecified atom stereocenters. The third-order valence-electron chi connectivity index (χ3n) is 3.52. The normalized spacial score (nSPS) is 19.9. The van der Waals surface area contributed by atoms with Gasteiger partial charge < -0.3 is 9.16 Å². The largest absolute Gasteiger partial charge is 0.414 e. The Bertz CT molecular complexity index is 143. The zero-order valence-electron chi connectivity index (χ0n) is 9.84. The van der Waals surface area contributed by atoms with Crippen molar-refractivity contribution in [3.63, 3.8) is 0 Å². The highest BCUT2D eigenvalue weighted by Gasteiger charge is 2.32. The predicted molar refractivity (Wildman–Crippen MR) is 62.1 cm³/mol. The summed E-state index contributed by atoms with van der Waals surface area (Å²) in [5.74, 6) is 0. The molecule has 2 nitrogen and oxygen atoms in total. The highest BCUT2D eigenvalue weighted by atomic mass is 28.4. The summed E-state index contributed by atoms with van der Waals surface area (Å²) < 4.78 is 11.7. The molecule has 3 heteroatoms. The van der Waals surface area contributed by atoms with Crippen molar-refractivity contribution >= 4 is 8.32 Å². The molecule has 1 saturated heterocycles. The van der Waals surface area contributed by atoms with Crippen molar-refractivity contribution in [2.75, 3.05) is 13.2 Å². The Balaban J connectivity index is 2.44.